The van der Waals surface area contributed by atoms with Gasteiger partial charge in [0.25, 0.3) is 0 Å². The zero-order chi connectivity index (χ0) is 21.6. The summed E-state index contributed by atoms with van der Waals surface area (Å²) in [6.07, 6.45) is -4.65. The van der Waals surface area contributed by atoms with Crippen LogP contribution < -0.4 is 9.47 Å². The van der Waals surface area contributed by atoms with Gasteiger partial charge in [0.05, 0.1) is 19.3 Å². The maximum Gasteiger partial charge on any atom is 0.229 e. The van der Waals surface area contributed by atoms with Crippen molar-refractivity contribution in [1.29, 1.82) is 0 Å². The average Bonchev–Trinajstić information content (AvgIpc) is 2.99. The van der Waals surface area contributed by atoms with Crippen LogP contribution >= 0.6 is 0 Å². The molecule has 2 aromatic rings. The lowest BCUT2D eigenvalue weighted by molar-refractivity contribution is -0.115. The van der Waals surface area contributed by atoms with Crippen LogP contribution in [0.2, 0.25) is 0 Å². The zero-order valence-corrected chi connectivity index (χ0v) is 15.7. The van der Waals surface area contributed by atoms with E-state index in [0.717, 1.165) is 0 Å². The quantitative estimate of drug-likeness (QED) is 0.324. The molecule has 0 spiro atoms. The van der Waals surface area contributed by atoms with E-state index in [1.165, 1.54) is 30.3 Å². The first-order valence-electron chi connectivity index (χ1n) is 9.24. The Morgan fingerprint density at radius 2 is 1.80 bits per heavy atom. The van der Waals surface area contributed by atoms with Gasteiger partial charge in [0.15, 0.2) is 11.5 Å². The summed E-state index contributed by atoms with van der Waals surface area (Å²) >= 11 is 0. The van der Waals surface area contributed by atoms with Gasteiger partial charge in [0.1, 0.15) is 35.1 Å². The van der Waals surface area contributed by atoms with Crippen LogP contribution in [-0.4, -0.2) is 73.1 Å². The molecule has 4 rings (SSSR count). The predicted molar refractivity (Wildman–Crippen MR) is 99.4 cm³/mol. The Morgan fingerprint density at radius 1 is 1.03 bits per heavy atom. The van der Waals surface area contributed by atoms with Gasteiger partial charge in [-0.05, 0) is 17.7 Å². The Balaban J connectivity index is 1.59. The minimum Gasteiger partial charge on any atom is -0.507 e. The molecule has 0 bridgehead atoms. The first-order chi connectivity index (χ1) is 14.2. The van der Waals surface area contributed by atoms with Crippen molar-refractivity contribution in [3.05, 3.63) is 41.5 Å². The van der Waals surface area contributed by atoms with Gasteiger partial charge in [-0.25, -0.2) is 0 Å². The summed E-state index contributed by atoms with van der Waals surface area (Å²) in [7, 11) is 0. The van der Waals surface area contributed by atoms with Crippen LogP contribution in [0.4, 0.5) is 0 Å². The second-order valence-electron chi connectivity index (χ2n) is 7.48. The fourth-order valence-electron chi connectivity index (χ4n) is 3.55. The molecule has 7 N–H and O–H groups in total. The summed E-state index contributed by atoms with van der Waals surface area (Å²) in [5.74, 6) is -0.606. The van der Waals surface area contributed by atoms with Gasteiger partial charge in [0, 0.05) is 24.1 Å². The van der Waals surface area contributed by atoms with Gasteiger partial charge >= 0.3 is 0 Å². The smallest absolute Gasteiger partial charge is 0.229 e. The van der Waals surface area contributed by atoms with E-state index >= 15 is 0 Å². The number of fused-ring (bicyclic) bond motifs is 1. The number of hydrogen-bond acceptors (Lipinski definition) is 10. The number of aromatic hydroxyl groups is 3. The molecule has 5 atom stereocenters. The first-order valence-corrected chi connectivity index (χ1v) is 9.24. The Kier molecular flexibility index (Phi) is 5.12. The Morgan fingerprint density at radius 3 is 2.47 bits per heavy atom. The standard InChI is InChI=1S/C20H22O10/c21-7-20(27)8-28-19(18(20)26)29-10-4-13(23)11-6-15(25)17(30-16(11)5-10)9-1-2-12(22)14(24)3-9/h1-5,15,17-19,21-27H,6-8H2/t15-,17?,18?,19-,20-/m0/s1. The summed E-state index contributed by atoms with van der Waals surface area (Å²) in [4.78, 5) is 0. The third kappa shape index (κ3) is 3.48. The molecule has 2 unspecified atom stereocenters. The topological polar surface area (TPSA) is 169 Å². The highest BCUT2D eigenvalue weighted by Gasteiger charge is 2.49. The van der Waals surface area contributed by atoms with E-state index in [9.17, 15) is 35.7 Å². The van der Waals surface area contributed by atoms with Crippen molar-refractivity contribution >= 4 is 0 Å². The second-order valence-corrected chi connectivity index (χ2v) is 7.48. The van der Waals surface area contributed by atoms with Crippen molar-refractivity contribution in [2.75, 3.05) is 13.2 Å². The second kappa shape index (κ2) is 7.49. The van der Waals surface area contributed by atoms with Crippen LogP contribution in [-0.2, 0) is 11.2 Å². The molecule has 162 valence electrons. The van der Waals surface area contributed by atoms with Gasteiger partial charge in [-0.2, -0.15) is 0 Å². The fraction of sp³-hybridized carbons (Fsp3) is 0.400. The predicted octanol–water partition coefficient (Wildman–Crippen LogP) is -0.340. The molecule has 0 saturated carbocycles. The minimum atomic E-state index is -1.85. The number of hydrogen-bond donors (Lipinski definition) is 7. The van der Waals surface area contributed by atoms with Crippen molar-refractivity contribution < 1.29 is 50.0 Å². The summed E-state index contributed by atoms with van der Waals surface area (Å²) in [6, 6.07) is 6.72. The van der Waals surface area contributed by atoms with Crippen LogP contribution in [0.5, 0.6) is 28.7 Å². The summed E-state index contributed by atoms with van der Waals surface area (Å²) in [6.45, 7) is -1.05. The van der Waals surface area contributed by atoms with Crippen molar-refractivity contribution in [3.63, 3.8) is 0 Å². The van der Waals surface area contributed by atoms with Crippen molar-refractivity contribution in [3.8, 4) is 28.7 Å². The number of ether oxygens (including phenoxy) is 3. The molecule has 1 saturated heterocycles. The summed E-state index contributed by atoms with van der Waals surface area (Å²) < 4.78 is 16.5. The van der Waals surface area contributed by atoms with E-state index in [2.05, 4.69) is 0 Å². The van der Waals surface area contributed by atoms with E-state index in [4.69, 9.17) is 14.2 Å². The summed E-state index contributed by atoms with van der Waals surface area (Å²) in [5.41, 5.74) is -1.10. The number of benzene rings is 2. The zero-order valence-electron chi connectivity index (χ0n) is 15.7. The SMILES string of the molecule is OC[C@]1(O)CO[C@@H](Oc2cc(O)c3c(c2)OC(c2ccc(O)c(O)c2)[C@@H](O)C3)C1O. The molecule has 0 amide bonds. The van der Waals surface area contributed by atoms with E-state index in [-0.39, 0.29) is 41.8 Å². The maximum absolute atomic E-state index is 10.5. The van der Waals surface area contributed by atoms with Crippen molar-refractivity contribution in [1.82, 2.24) is 0 Å². The number of phenols is 3. The fourth-order valence-corrected chi connectivity index (χ4v) is 3.55. The largest absolute Gasteiger partial charge is 0.507 e. The minimum absolute atomic E-state index is 0.0561. The number of aliphatic hydroxyl groups excluding tert-OH is 3. The Hall–Kier alpha value is -2.76. The first kappa shape index (κ1) is 20.5. The highest BCUT2D eigenvalue weighted by Crippen LogP contribution is 2.43. The third-order valence-corrected chi connectivity index (χ3v) is 5.34. The van der Waals surface area contributed by atoms with Crippen molar-refractivity contribution in [2.45, 2.75) is 36.6 Å². The van der Waals surface area contributed by atoms with Crippen molar-refractivity contribution in [2.24, 2.45) is 0 Å². The highest BCUT2D eigenvalue weighted by atomic mass is 16.7. The Labute approximate surface area is 170 Å². The van der Waals surface area contributed by atoms with Crippen LogP contribution in [0.1, 0.15) is 17.2 Å². The molecule has 0 radical (unpaired) electrons. The monoisotopic (exact) mass is 422 g/mol. The molecule has 2 aliphatic heterocycles. The van der Waals surface area contributed by atoms with Gasteiger partial charge < -0.3 is 50.0 Å². The lowest BCUT2D eigenvalue weighted by Gasteiger charge is -2.32. The normalized spacial score (nSPS) is 30.5. The molecule has 0 aliphatic carbocycles. The maximum atomic E-state index is 10.5. The molecule has 2 aromatic carbocycles. The van der Waals surface area contributed by atoms with Crippen LogP contribution in [0.3, 0.4) is 0 Å². The molecular formula is C20H22O10. The average molecular weight is 422 g/mol. The molecule has 0 aromatic heterocycles. The lowest BCUT2D eigenvalue weighted by Crippen LogP contribution is -2.48. The lowest BCUT2D eigenvalue weighted by atomic mass is 9.94. The van der Waals surface area contributed by atoms with E-state index in [1.807, 2.05) is 0 Å². The van der Waals surface area contributed by atoms with Crippen LogP contribution in [0.15, 0.2) is 30.3 Å². The molecule has 1 fully saturated rings. The third-order valence-electron chi connectivity index (χ3n) is 5.34. The molecular weight excluding hydrogens is 400 g/mol. The molecule has 2 heterocycles. The molecule has 10 nitrogen and oxygen atoms in total. The Bertz CT molecular complexity index is 947. The molecule has 30 heavy (non-hydrogen) atoms. The number of aliphatic hydroxyl groups is 4. The van der Waals surface area contributed by atoms with E-state index < -0.39 is 36.8 Å². The van der Waals surface area contributed by atoms with E-state index in [0.29, 0.717) is 11.1 Å². The van der Waals surface area contributed by atoms with Gasteiger partial charge in [-0.15, -0.1) is 0 Å². The van der Waals surface area contributed by atoms with Crippen LogP contribution in [0.25, 0.3) is 0 Å². The van der Waals surface area contributed by atoms with Gasteiger partial charge in [-0.3, -0.25) is 0 Å². The van der Waals surface area contributed by atoms with Gasteiger partial charge in [0.2, 0.25) is 6.29 Å². The number of phenolic OH excluding ortho intramolecular Hbond substituents is 3. The van der Waals surface area contributed by atoms with Crippen LogP contribution in [0, 0.1) is 0 Å². The summed E-state index contributed by atoms with van der Waals surface area (Å²) in [5, 5.41) is 69.4. The molecule has 2 aliphatic rings. The molecule has 10 heteroatoms. The van der Waals surface area contributed by atoms with Gasteiger partial charge in [-0.1, -0.05) is 6.07 Å². The van der Waals surface area contributed by atoms with E-state index in [1.54, 1.807) is 0 Å². The number of rotatable bonds is 4. The highest BCUT2D eigenvalue weighted by molar-refractivity contribution is 5.52.